The lowest BCUT2D eigenvalue weighted by Gasteiger charge is -2.29. The van der Waals surface area contributed by atoms with Crippen LogP contribution in [0.1, 0.15) is 43.1 Å². The van der Waals surface area contributed by atoms with Crippen molar-refractivity contribution in [1.29, 1.82) is 0 Å². The predicted octanol–water partition coefficient (Wildman–Crippen LogP) is 3.19. The van der Waals surface area contributed by atoms with E-state index in [0.29, 0.717) is 18.1 Å². The Labute approximate surface area is 85.1 Å². The Kier molecular flexibility index (Phi) is 1.99. The van der Waals surface area contributed by atoms with E-state index in [4.69, 9.17) is 0 Å². The van der Waals surface area contributed by atoms with Gasteiger partial charge in [-0.05, 0) is 11.5 Å². The molecule has 0 heterocycles. The fourth-order valence-corrected chi connectivity index (χ4v) is 2.26. The molecule has 1 nitrogen and oxygen atoms in total. The molecule has 0 unspecified atom stereocenters. The van der Waals surface area contributed by atoms with Gasteiger partial charge in [0.15, 0.2) is 5.78 Å². The highest BCUT2D eigenvalue weighted by molar-refractivity contribution is 6.02. The third-order valence-electron chi connectivity index (χ3n) is 3.64. The van der Waals surface area contributed by atoms with Gasteiger partial charge < -0.3 is 0 Å². The molecule has 0 saturated heterocycles. The molecule has 1 aromatic rings. The van der Waals surface area contributed by atoms with Gasteiger partial charge in [-0.3, -0.25) is 4.79 Å². The van der Waals surface area contributed by atoms with E-state index in [9.17, 15) is 4.79 Å². The number of rotatable bonds is 1. The van der Waals surface area contributed by atoms with Crippen LogP contribution in [0.3, 0.4) is 0 Å². The van der Waals surface area contributed by atoms with Gasteiger partial charge in [-0.1, -0.05) is 45.0 Å². The zero-order chi connectivity index (χ0) is 10.3. The molecule has 0 bridgehead atoms. The summed E-state index contributed by atoms with van der Waals surface area (Å²) in [5.41, 5.74) is 2.22. The highest BCUT2D eigenvalue weighted by atomic mass is 16.1. The van der Waals surface area contributed by atoms with Crippen molar-refractivity contribution in [2.24, 2.45) is 5.92 Å². The molecule has 0 amide bonds. The maximum absolute atomic E-state index is 11.8. The van der Waals surface area contributed by atoms with Crippen LogP contribution in [0, 0.1) is 5.92 Å². The molecular weight excluding hydrogens is 172 g/mol. The smallest absolute Gasteiger partial charge is 0.164 e. The van der Waals surface area contributed by atoms with Crippen LogP contribution in [-0.2, 0) is 5.41 Å². The molecule has 0 N–H and O–H groups in total. The van der Waals surface area contributed by atoms with E-state index in [0.717, 1.165) is 5.56 Å². The van der Waals surface area contributed by atoms with Crippen LogP contribution < -0.4 is 0 Å². The molecule has 0 aliphatic heterocycles. The number of Topliss-reactive ketones (excluding diaryl/α,β-unsaturated/α-hetero) is 1. The van der Waals surface area contributed by atoms with E-state index in [1.165, 1.54) is 5.56 Å². The lowest BCUT2D eigenvalue weighted by Crippen LogP contribution is -2.25. The summed E-state index contributed by atoms with van der Waals surface area (Å²) >= 11 is 0. The minimum atomic E-state index is 0.0493. The molecular formula is C13H16O. The highest BCUT2D eigenvalue weighted by Crippen LogP contribution is 2.43. The van der Waals surface area contributed by atoms with Crippen LogP contribution in [0.4, 0.5) is 0 Å². The third-order valence-corrected chi connectivity index (χ3v) is 3.64. The summed E-state index contributed by atoms with van der Waals surface area (Å²) in [7, 11) is 0. The number of ketones is 1. The Hall–Kier alpha value is -1.11. The fraction of sp³-hybridized carbons (Fsp3) is 0.462. The molecule has 1 atom stereocenters. The van der Waals surface area contributed by atoms with Crippen molar-refractivity contribution >= 4 is 5.78 Å². The van der Waals surface area contributed by atoms with E-state index in [1.54, 1.807) is 0 Å². The molecule has 0 saturated carbocycles. The van der Waals surface area contributed by atoms with Gasteiger partial charge in [0.2, 0.25) is 0 Å². The number of fused-ring (bicyclic) bond motifs is 1. The highest BCUT2D eigenvalue weighted by Gasteiger charge is 2.41. The normalized spacial score (nSPS) is 25.6. The van der Waals surface area contributed by atoms with Crippen molar-refractivity contribution in [2.45, 2.75) is 32.6 Å². The molecule has 14 heavy (non-hydrogen) atoms. The molecule has 2 rings (SSSR count). The molecule has 0 aromatic heterocycles. The first kappa shape index (κ1) is 9.45. The first-order valence-corrected chi connectivity index (χ1v) is 5.18. The fourth-order valence-electron chi connectivity index (χ4n) is 2.26. The predicted molar refractivity (Wildman–Crippen MR) is 57.6 cm³/mol. The Morgan fingerprint density at radius 1 is 1.29 bits per heavy atom. The Morgan fingerprint density at radius 2 is 1.93 bits per heavy atom. The minimum Gasteiger partial charge on any atom is -0.294 e. The van der Waals surface area contributed by atoms with Gasteiger partial charge in [-0.25, -0.2) is 0 Å². The third kappa shape index (κ3) is 1.12. The van der Waals surface area contributed by atoms with E-state index < -0.39 is 0 Å². The van der Waals surface area contributed by atoms with Gasteiger partial charge in [0.25, 0.3) is 0 Å². The van der Waals surface area contributed by atoms with Crippen molar-refractivity contribution in [1.82, 2.24) is 0 Å². The van der Waals surface area contributed by atoms with Gasteiger partial charge >= 0.3 is 0 Å². The maximum Gasteiger partial charge on any atom is 0.164 e. The number of carbonyl (C=O) groups is 1. The van der Waals surface area contributed by atoms with Crippen LogP contribution in [0.15, 0.2) is 24.3 Å². The lowest BCUT2D eigenvalue weighted by molar-refractivity contribution is 0.0965. The van der Waals surface area contributed by atoms with Crippen molar-refractivity contribution in [3.05, 3.63) is 35.4 Å². The number of carbonyl (C=O) groups excluding carboxylic acids is 1. The molecule has 0 fully saturated rings. The van der Waals surface area contributed by atoms with Gasteiger partial charge in [0.05, 0.1) is 0 Å². The topological polar surface area (TPSA) is 17.1 Å². The minimum absolute atomic E-state index is 0.0493. The zero-order valence-corrected chi connectivity index (χ0v) is 9.00. The summed E-state index contributed by atoms with van der Waals surface area (Å²) in [4.78, 5) is 11.8. The summed E-state index contributed by atoms with van der Waals surface area (Å²) in [6.07, 6.45) is 0.671. The maximum atomic E-state index is 11.8. The van der Waals surface area contributed by atoms with Crippen LogP contribution in [0.25, 0.3) is 0 Å². The van der Waals surface area contributed by atoms with E-state index in [-0.39, 0.29) is 5.41 Å². The molecule has 1 aliphatic carbocycles. The van der Waals surface area contributed by atoms with Crippen LogP contribution in [0.2, 0.25) is 0 Å². The molecule has 1 aliphatic rings. The van der Waals surface area contributed by atoms with E-state index >= 15 is 0 Å². The van der Waals surface area contributed by atoms with Gasteiger partial charge in [-0.2, -0.15) is 0 Å². The Morgan fingerprint density at radius 3 is 2.57 bits per heavy atom. The van der Waals surface area contributed by atoms with Crippen LogP contribution in [-0.4, -0.2) is 5.78 Å². The van der Waals surface area contributed by atoms with Gasteiger partial charge in [0, 0.05) is 17.4 Å². The molecule has 74 valence electrons. The van der Waals surface area contributed by atoms with E-state index in [1.807, 2.05) is 18.2 Å². The van der Waals surface area contributed by atoms with Crippen LogP contribution in [0.5, 0.6) is 0 Å². The van der Waals surface area contributed by atoms with Crippen LogP contribution >= 0.6 is 0 Å². The van der Waals surface area contributed by atoms with Gasteiger partial charge in [-0.15, -0.1) is 0 Å². The first-order chi connectivity index (χ1) is 6.55. The first-order valence-electron chi connectivity index (χ1n) is 5.18. The SMILES string of the molecule is CC(C)[C@@]1(C)CC(=O)c2ccccc21. The molecule has 0 radical (unpaired) electrons. The summed E-state index contributed by atoms with van der Waals surface area (Å²) in [6.45, 7) is 6.58. The Balaban J connectivity index is 2.59. The lowest BCUT2D eigenvalue weighted by atomic mass is 9.74. The quantitative estimate of drug-likeness (QED) is 0.661. The number of hydrogen-bond acceptors (Lipinski definition) is 1. The van der Waals surface area contributed by atoms with Crippen molar-refractivity contribution in [3.8, 4) is 0 Å². The molecule has 1 heteroatoms. The molecule has 1 aromatic carbocycles. The second kappa shape index (κ2) is 2.94. The monoisotopic (exact) mass is 188 g/mol. The summed E-state index contributed by atoms with van der Waals surface area (Å²) in [5, 5.41) is 0. The van der Waals surface area contributed by atoms with Crippen molar-refractivity contribution < 1.29 is 4.79 Å². The standard InChI is InChI=1S/C13H16O/c1-9(2)13(3)8-12(14)10-6-4-5-7-11(10)13/h4-7,9H,8H2,1-3H3/t13-/m1/s1. The average molecular weight is 188 g/mol. The molecule has 0 spiro atoms. The van der Waals surface area contributed by atoms with Crippen molar-refractivity contribution in [2.75, 3.05) is 0 Å². The summed E-state index contributed by atoms with van der Waals surface area (Å²) in [6, 6.07) is 8.02. The Bertz CT molecular complexity index is 379. The number of benzene rings is 1. The van der Waals surface area contributed by atoms with Gasteiger partial charge in [0.1, 0.15) is 0 Å². The summed E-state index contributed by atoms with van der Waals surface area (Å²) in [5.74, 6) is 0.812. The number of hydrogen-bond donors (Lipinski definition) is 0. The second-order valence-corrected chi connectivity index (χ2v) is 4.72. The summed E-state index contributed by atoms with van der Waals surface area (Å²) < 4.78 is 0. The van der Waals surface area contributed by atoms with Crippen molar-refractivity contribution in [3.63, 3.8) is 0 Å². The largest absolute Gasteiger partial charge is 0.294 e. The van der Waals surface area contributed by atoms with E-state index in [2.05, 4.69) is 26.8 Å². The zero-order valence-electron chi connectivity index (χ0n) is 9.00. The average Bonchev–Trinajstić information content (AvgIpc) is 2.42. The second-order valence-electron chi connectivity index (χ2n) is 4.72.